The van der Waals surface area contributed by atoms with Crippen molar-refractivity contribution < 1.29 is 19.0 Å². The molecule has 36 heavy (non-hydrogen) atoms. The molecule has 0 amide bonds. The number of epoxide rings is 1. The highest BCUT2D eigenvalue weighted by Crippen LogP contribution is 2.32. The molecule has 0 aromatic heterocycles. The van der Waals surface area contributed by atoms with E-state index < -0.39 is 0 Å². The van der Waals surface area contributed by atoms with Crippen LogP contribution in [-0.2, 0) is 25.6 Å². The van der Waals surface area contributed by atoms with E-state index in [0.29, 0.717) is 36.7 Å². The molecule has 1 heterocycles. The molecule has 1 aliphatic rings. The minimum absolute atomic E-state index is 0.226. The largest absolute Gasteiger partial charge is 0.463 e. The third-order valence-corrected chi connectivity index (χ3v) is 6.59. The molecule has 0 N–H and O–H groups in total. The van der Waals surface area contributed by atoms with Gasteiger partial charge in [0.25, 0.3) is 0 Å². The molecule has 0 radical (unpaired) electrons. The minimum atomic E-state index is -0.227. The van der Waals surface area contributed by atoms with Gasteiger partial charge in [-0.15, -0.1) is 0 Å². The lowest BCUT2D eigenvalue weighted by molar-refractivity contribution is -0.138. The summed E-state index contributed by atoms with van der Waals surface area (Å²) in [6.45, 7) is 16.5. The summed E-state index contributed by atoms with van der Waals surface area (Å²) in [7, 11) is 0. The van der Waals surface area contributed by atoms with Crippen molar-refractivity contribution in [3.05, 3.63) is 83.5 Å². The molecular formula is C32H46O4. The Labute approximate surface area is 219 Å². The van der Waals surface area contributed by atoms with Gasteiger partial charge in [0, 0.05) is 12.2 Å². The van der Waals surface area contributed by atoms with Crippen LogP contribution in [0, 0.1) is 11.8 Å². The number of esters is 1. The van der Waals surface area contributed by atoms with Crippen molar-refractivity contribution in [2.24, 2.45) is 11.8 Å². The van der Waals surface area contributed by atoms with Gasteiger partial charge in [-0.3, -0.25) is 0 Å². The van der Waals surface area contributed by atoms with E-state index >= 15 is 0 Å². The Morgan fingerprint density at radius 3 is 2.64 bits per heavy atom. The molecule has 1 saturated heterocycles. The number of rotatable bonds is 17. The normalized spacial score (nSPS) is 19.8. The van der Waals surface area contributed by atoms with Gasteiger partial charge in [-0.1, -0.05) is 86.2 Å². The van der Waals surface area contributed by atoms with E-state index in [2.05, 4.69) is 57.7 Å². The number of unbranched alkanes of at least 4 members (excludes halogenated alkanes) is 1. The summed E-state index contributed by atoms with van der Waals surface area (Å²) < 4.78 is 16.7. The van der Waals surface area contributed by atoms with Crippen LogP contribution in [0.4, 0.5) is 0 Å². The lowest BCUT2D eigenvalue weighted by Crippen LogP contribution is -2.05. The maximum Gasteiger partial charge on any atom is 0.333 e. The summed E-state index contributed by atoms with van der Waals surface area (Å²) >= 11 is 0. The number of hydrogen-bond acceptors (Lipinski definition) is 4. The number of carbonyl (C=O) groups is 1. The van der Waals surface area contributed by atoms with Crippen LogP contribution in [0.5, 0.6) is 0 Å². The second-order valence-electron chi connectivity index (χ2n) is 10.1. The molecular weight excluding hydrogens is 448 g/mol. The van der Waals surface area contributed by atoms with Crippen molar-refractivity contribution in [1.82, 2.24) is 0 Å². The van der Waals surface area contributed by atoms with E-state index in [0.717, 1.165) is 38.7 Å². The van der Waals surface area contributed by atoms with Crippen LogP contribution in [0.15, 0.2) is 77.9 Å². The fraction of sp³-hybridized carbons (Fsp3) is 0.531. The van der Waals surface area contributed by atoms with Crippen LogP contribution in [-0.4, -0.2) is 31.4 Å². The molecule has 0 saturated carbocycles. The lowest BCUT2D eigenvalue weighted by Gasteiger charge is -2.15. The molecule has 0 aliphatic carbocycles. The second kappa shape index (κ2) is 16.3. The van der Waals surface area contributed by atoms with Crippen molar-refractivity contribution in [2.75, 3.05) is 13.2 Å². The maximum absolute atomic E-state index is 11.6. The van der Waals surface area contributed by atoms with E-state index in [1.165, 1.54) is 16.7 Å². The van der Waals surface area contributed by atoms with Gasteiger partial charge in [0.05, 0.1) is 19.3 Å². The number of allylic oxidation sites excluding steroid dienone is 5. The first kappa shape index (κ1) is 29.8. The zero-order chi connectivity index (χ0) is 26.3. The molecule has 1 aliphatic heterocycles. The average molecular weight is 495 g/mol. The fourth-order valence-corrected chi connectivity index (χ4v) is 4.17. The Hall–Kier alpha value is -2.43. The summed E-state index contributed by atoms with van der Waals surface area (Å²) in [4.78, 5) is 11.6. The molecule has 4 atom stereocenters. The highest BCUT2D eigenvalue weighted by molar-refractivity contribution is 5.87. The Kier molecular flexibility index (Phi) is 13.5. The average Bonchev–Trinajstić information content (AvgIpc) is 3.58. The summed E-state index contributed by atoms with van der Waals surface area (Å²) in [5, 5.41) is 0. The first-order valence-electron chi connectivity index (χ1n) is 13.4. The third-order valence-electron chi connectivity index (χ3n) is 6.59. The minimum Gasteiger partial charge on any atom is -0.463 e. The first-order chi connectivity index (χ1) is 17.3. The zero-order valence-electron chi connectivity index (χ0n) is 23.0. The quantitative estimate of drug-likeness (QED) is 0.0554. The van der Waals surface area contributed by atoms with E-state index in [9.17, 15) is 4.79 Å². The van der Waals surface area contributed by atoms with E-state index in [1.54, 1.807) is 6.92 Å². The summed E-state index contributed by atoms with van der Waals surface area (Å²) in [5.74, 6) is 0.782. The molecule has 198 valence electrons. The topological polar surface area (TPSA) is 48.1 Å². The van der Waals surface area contributed by atoms with E-state index in [1.807, 2.05) is 31.2 Å². The molecule has 0 unspecified atom stereocenters. The van der Waals surface area contributed by atoms with E-state index in [-0.39, 0.29) is 12.1 Å². The number of ether oxygens (including phenoxy) is 3. The van der Waals surface area contributed by atoms with Crippen molar-refractivity contribution in [2.45, 2.75) is 85.5 Å². The highest BCUT2D eigenvalue weighted by Gasteiger charge is 2.37. The molecule has 1 fully saturated rings. The summed E-state index contributed by atoms with van der Waals surface area (Å²) in [5.41, 5.74) is 4.45. The third kappa shape index (κ3) is 12.0. The van der Waals surface area contributed by atoms with E-state index in [4.69, 9.17) is 14.2 Å². The van der Waals surface area contributed by atoms with Gasteiger partial charge in [0.15, 0.2) is 0 Å². The second-order valence-corrected chi connectivity index (χ2v) is 10.1. The summed E-state index contributed by atoms with van der Waals surface area (Å²) in [6.07, 6.45) is 13.8. The maximum atomic E-state index is 11.6. The van der Waals surface area contributed by atoms with Crippen LogP contribution in [0.25, 0.3) is 0 Å². The SMILES string of the molecule is C=C(/C=C(\C)[C@@H](C)CCOCc1ccccc1)C[C@@H](C)C[C@@H]1O[C@H]1/C=C/CC/C=C(\C)C(=O)OCC. The smallest absolute Gasteiger partial charge is 0.333 e. The van der Waals surface area contributed by atoms with Crippen LogP contribution >= 0.6 is 0 Å². The van der Waals surface area contributed by atoms with Gasteiger partial charge in [-0.2, -0.15) is 0 Å². The van der Waals surface area contributed by atoms with Crippen LogP contribution in [0.3, 0.4) is 0 Å². The van der Waals surface area contributed by atoms with Crippen molar-refractivity contribution in [3.63, 3.8) is 0 Å². The highest BCUT2D eigenvalue weighted by atomic mass is 16.6. The molecule has 0 bridgehead atoms. The Morgan fingerprint density at radius 2 is 1.92 bits per heavy atom. The molecule has 1 aromatic carbocycles. The standard InChI is InChI=1S/C32H46O4/c1-7-35-32(33)27(5)14-10-8-13-17-30-31(36-30)22-25(3)20-24(2)21-28(6)26(4)18-19-34-23-29-15-11-9-12-16-29/h9,11-17,21,25-26,30-31H,2,7-8,10,18-20,22-23H2,1,3-6H3/b17-13+,27-14+,28-21+/t25-,26+,30+,31+/m1/s1. The number of benzene rings is 1. The number of carbonyl (C=O) groups excluding carboxylic acids is 1. The van der Waals surface area contributed by atoms with Crippen molar-refractivity contribution >= 4 is 5.97 Å². The Morgan fingerprint density at radius 1 is 1.17 bits per heavy atom. The van der Waals surface area contributed by atoms with Gasteiger partial charge in [0.2, 0.25) is 0 Å². The predicted octanol–water partition coefficient (Wildman–Crippen LogP) is 7.76. The van der Waals surface area contributed by atoms with Crippen LogP contribution in [0.1, 0.15) is 72.3 Å². The Bertz CT molecular complexity index is 896. The lowest BCUT2D eigenvalue weighted by atomic mass is 9.92. The fourth-order valence-electron chi connectivity index (χ4n) is 4.17. The van der Waals surface area contributed by atoms with Gasteiger partial charge in [-0.25, -0.2) is 4.79 Å². The molecule has 2 rings (SSSR count). The van der Waals surface area contributed by atoms with Crippen molar-refractivity contribution in [3.8, 4) is 0 Å². The van der Waals surface area contributed by atoms with Crippen LogP contribution < -0.4 is 0 Å². The van der Waals surface area contributed by atoms with Gasteiger partial charge in [0.1, 0.15) is 6.10 Å². The summed E-state index contributed by atoms with van der Waals surface area (Å²) in [6, 6.07) is 10.3. The molecule has 0 spiro atoms. The molecule has 1 aromatic rings. The van der Waals surface area contributed by atoms with Gasteiger partial charge in [-0.05, 0) is 70.3 Å². The predicted molar refractivity (Wildman–Crippen MR) is 149 cm³/mol. The molecule has 4 heteroatoms. The Balaban J connectivity index is 1.60. The van der Waals surface area contributed by atoms with Gasteiger partial charge >= 0.3 is 5.97 Å². The van der Waals surface area contributed by atoms with Crippen molar-refractivity contribution in [1.29, 1.82) is 0 Å². The zero-order valence-corrected chi connectivity index (χ0v) is 23.0. The van der Waals surface area contributed by atoms with Crippen LogP contribution in [0.2, 0.25) is 0 Å². The monoisotopic (exact) mass is 494 g/mol. The number of hydrogen-bond donors (Lipinski definition) is 0. The first-order valence-corrected chi connectivity index (χ1v) is 13.4. The van der Waals surface area contributed by atoms with Gasteiger partial charge < -0.3 is 14.2 Å². The molecule has 4 nitrogen and oxygen atoms in total.